The van der Waals surface area contributed by atoms with Crippen molar-refractivity contribution >= 4 is 23.2 Å². The van der Waals surface area contributed by atoms with Gasteiger partial charge < -0.3 is 0 Å². The largest absolute Gasteiger partial charge is 0.268 e. The number of nitrogens with zero attached hydrogens (tertiary/aromatic N) is 1. The maximum atomic E-state index is 11.5. The molecule has 1 aromatic rings. The van der Waals surface area contributed by atoms with Gasteiger partial charge in [-0.15, -0.1) is 23.2 Å². The van der Waals surface area contributed by atoms with Crippen molar-refractivity contribution in [3.8, 4) is 0 Å². The summed E-state index contributed by atoms with van der Waals surface area (Å²) in [4.78, 5) is 11.5. The molecule has 0 aliphatic heterocycles. The van der Waals surface area contributed by atoms with Crippen LogP contribution in [-0.4, -0.2) is 14.5 Å². The van der Waals surface area contributed by atoms with Gasteiger partial charge >= 0.3 is 0 Å². The van der Waals surface area contributed by atoms with Gasteiger partial charge in [-0.1, -0.05) is 47.0 Å². The van der Waals surface area contributed by atoms with Crippen molar-refractivity contribution in [1.82, 2.24) is 10.2 Å². The highest BCUT2D eigenvalue weighted by Crippen LogP contribution is 2.47. The molecule has 24 heavy (non-hydrogen) atoms. The summed E-state index contributed by atoms with van der Waals surface area (Å²) >= 11 is 12.7. The standard InChI is InChI=1S/C19H32Cl2N2O/c1-6-9-14(4)12-19(8-3,15(7-2)13-18(5,20)21)16-10-11-17(24)23-22-16/h10-11,14-15H,6-9,12-13H2,1-5H3,(H,23,24). The van der Waals surface area contributed by atoms with Crippen LogP contribution in [0.4, 0.5) is 0 Å². The van der Waals surface area contributed by atoms with Crippen molar-refractivity contribution in [2.24, 2.45) is 11.8 Å². The molecule has 3 atom stereocenters. The lowest BCUT2D eigenvalue weighted by Crippen LogP contribution is -2.40. The molecule has 1 rings (SSSR count). The van der Waals surface area contributed by atoms with Crippen LogP contribution in [-0.2, 0) is 5.41 Å². The minimum absolute atomic E-state index is 0.126. The molecule has 0 bridgehead atoms. The summed E-state index contributed by atoms with van der Waals surface area (Å²) in [6, 6.07) is 3.45. The van der Waals surface area contributed by atoms with Gasteiger partial charge in [0.05, 0.1) is 5.69 Å². The Labute approximate surface area is 156 Å². The predicted molar refractivity (Wildman–Crippen MR) is 104 cm³/mol. The zero-order valence-corrected chi connectivity index (χ0v) is 17.2. The van der Waals surface area contributed by atoms with Crippen LogP contribution < -0.4 is 5.56 Å². The Morgan fingerprint density at radius 1 is 1.21 bits per heavy atom. The van der Waals surface area contributed by atoms with Crippen molar-refractivity contribution in [3.05, 3.63) is 28.2 Å². The normalized spacial score (nSPS) is 17.3. The van der Waals surface area contributed by atoms with Crippen LogP contribution >= 0.6 is 23.2 Å². The molecule has 0 aliphatic rings. The van der Waals surface area contributed by atoms with E-state index in [-0.39, 0.29) is 11.0 Å². The summed E-state index contributed by atoms with van der Waals surface area (Å²) in [7, 11) is 0. The van der Waals surface area contributed by atoms with Gasteiger partial charge in [-0.05, 0) is 44.1 Å². The van der Waals surface area contributed by atoms with E-state index < -0.39 is 4.33 Å². The highest BCUT2D eigenvalue weighted by Gasteiger charge is 2.42. The number of aromatic amines is 1. The first-order valence-electron chi connectivity index (χ1n) is 9.12. The Morgan fingerprint density at radius 2 is 1.88 bits per heavy atom. The van der Waals surface area contributed by atoms with E-state index in [0.717, 1.165) is 25.0 Å². The molecule has 138 valence electrons. The molecule has 1 heterocycles. The van der Waals surface area contributed by atoms with Gasteiger partial charge in [0, 0.05) is 11.5 Å². The van der Waals surface area contributed by atoms with E-state index in [4.69, 9.17) is 23.2 Å². The third kappa shape index (κ3) is 5.77. The fourth-order valence-corrected chi connectivity index (χ4v) is 4.47. The van der Waals surface area contributed by atoms with Crippen LogP contribution in [0.15, 0.2) is 16.9 Å². The molecular formula is C19H32Cl2N2O. The molecule has 0 radical (unpaired) electrons. The van der Waals surface area contributed by atoms with Gasteiger partial charge in [-0.3, -0.25) is 4.79 Å². The lowest BCUT2D eigenvalue weighted by atomic mass is 9.63. The van der Waals surface area contributed by atoms with E-state index in [1.165, 1.54) is 12.8 Å². The first-order chi connectivity index (χ1) is 11.2. The zero-order chi connectivity index (χ0) is 18.4. The molecule has 0 aliphatic carbocycles. The second-order valence-corrected chi connectivity index (χ2v) is 9.16. The Hall–Kier alpha value is -0.540. The van der Waals surface area contributed by atoms with Crippen LogP contribution in [0.1, 0.15) is 78.8 Å². The molecule has 5 heteroatoms. The van der Waals surface area contributed by atoms with Gasteiger partial charge in [0.2, 0.25) is 0 Å². The first kappa shape index (κ1) is 21.5. The highest BCUT2D eigenvalue weighted by molar-refractivity contribution is 6.48. The quantitative estimate of drug-likeness (QED) is 0.521. The molecule has 0 fully saturated rings. The summed E-state index contributed by atoms with van der Waals surface area (Å²) < 4.78 is -0.767. The van der Waals surface area contributed by atoms with E-state index in [0.29, 0.717) is 18.3 Å². The minimum atomic E-state index is -0.767. The van der Waals surface area contributed by atoms with E-state index in [9.17, 15) is 4.79 Å². The molecule has 0 aromatic carbocycles. The predicted octanol–water partition coefficient (Wildman–Crippen LogP) is 5.85. The van der Waals surface area contributed by atoms with Gasteiger partial charge in [0.15, 0.2) is 0 Å². The number of aromatic nitrogens is 2. The summed E-state index contributed by atoms with van der Waals surface area (Å²) in [5.41, 5.74) is 0.661. The van der Waals surface area contributed by atoms with Crippen molar-refractivity contribution in [3.63, 3.8) is 0 Å². The SMILES string of the molecule is CCCC(C)CC(CC)(c1ccc(=O)[nH]n1)C(CC)CC(C)(Cl)Cl. The fourth-order valence-electron chi connectivity index (χ4n) is 4.10. The Kier molecular flexibility index (Phi) is 8.28. The Bertz CT molecular complexity index is 533. The molecular weight excluding hydrogens is 343 g/mol. The van der Waals surface area contributed by atoms with E-state index in [1.54, 1.807) is 6.07 Å². The van der Waals surface area contributed by atoms with Gasteiger partial charge in [0.25, 0.3) is 5.56 Å². The molecule has 0 saturated carbocycles. The van der Waals surface area contributed by atoms with Crippen molar-refractivity contribution < 1.29 is 0 Å². The molecule has 3 nitrogen and oxygen atoms in total. The number of alkyl halides is 2. The summed E-state index contributed by atoms with van der Waals surface area (Å²) in [6.07, 6.45) is 6.00. The van der Waals surface area contributed by atoms with Crippen molar-refractivity contribution in [2.45, 2.75) is 82.9 Å². The smallest absolute Gasteiger partial charge is 0.264 e. The molecule has 1 N–H and O–H groups in total. The summed E-state index contributed by atoms with van der Waals surface area (Å²) in [5, 5.41) is 7.02. The Balaban J connectivity index is 3.34. The molecule has 0 saturated heterocycles. The van der Waals surface area contributed by atoms with Crippen LogP contribution in [0.3, 0.4) is 0 Å². The molecule has 3 unspecified atom stereocenters. The van der Waals surface area contributed by atoms with Crippen molar-refractivity contribution in [1.29, 1.82) is 0 Å². The Morgan fingerprint density at radius 3 is 2.29 bits per heavy atom. The molecule has 0 spiro atoms. The number of hydrogen-bond donors (Lipinski definition) is 1. The number of hydrogen-bond acceptors (Lipinski definition) is 2. The molecule has 0 amide bonds. The van der Waals surface area contributed by atoms with Crippen LogP contribution in [0.25, 0.3) is 0 Å². The fraction of sp³-hybridized carbons (Fsp3) is 0.789. The van der Waals surface area contributed by atoms with Gasteiger partial charge in [0.1, 0.15) is 4.33 Å². The average Bonchev–Trinajstić information content (AvgIpc) is 2.51. The average molecular weight is 375 g/mol. The van der Waals surface area contributed by atoms with Crippen LogP contribution in [0.5, 0.6) is 0 Å². The second-order valence-electron chi connectivity index (χ2n) is 7.29. The van der Waals surface area contributed by atoms with Crippen LogP contribution in [0, 0.1) is 11.8 Å². The van der Waals surface area contributed by atoms with Gasteiger partial charge in [-0.25, -0.2) is 5.10 Å². The van der Waals surface area contributed by atoms with E-state index in [1.807, 2.05) is 13.0 Å². The maximum Gasteiger partial charge on any atom is 0.264 e. The van der Waals surface area contributed by atoms with Crippen molar-refractivity contribution in [2.75, 3.05) is 0 Å². The highest BCUT2D eigenvalue weighted by atomic mass is 35.5. The monoisotopic (exact) mass is 374 g/mol. The number of nitrogens with one attached hydrogen (secondary N) is 1. The maximum absolute atomic E-state index is 11.5. The number of halogens is 2. The minimum Gasteiger partial charge on any atom is -0.268 e. The van der Waals surface area contributed by atoms with Gasteiger partial charge in [-0.2, -0.15) is 5.10 Å². The lowest BCUT2D eigenvalue weighted by Gasteiger charge is -2.43. The topological polar surface area (TPSA) is 45.8 Å². The molecule has 1 aromatic heterocycles. The van der Waals surface area contributed by atoms with Crippen LogP contribution in [0.2, 0.25) is 0 Å². The first-order valence-corrected chi connectivity index (χ1v) is 9.88. The number of rotatable bonds is 10. The third-order valence-corrected chi connectivity index (χ3v) is 5.50. The lowest BCUT2D eigenvalue weighted by molar-refractivity contribution is 0.175. The summed E-state index contributed by atoms with van der Waals surface area (Å²) in [6.45, 7) is 10.8. The second kappa shape index (κ2) is 9.24. The third-order valence-electron chi connectivity index (χ3n) is 5.19. The number of H-pyrrole nitrogens is 1. The summed E-state index contributed by atoms with van der Waals surface area (Å²) in [5.74, 6) is 0.884. The van der Waals surface area contributed by atoms with E-state index in [2.05, 4.69) is 37.9 Å². The van der Waals surface area contributed by atoms with E-state index >= 15 is 0 Å². The zero-order valence-electron chi connectivity index (χ0n) is 15.7.